The van der Waals surface area contributed by atoms with Gasteiger partial charge in [0.25, 0.3) is 6.10 Å². The number of carbonyl (C=O) groups is 2. The van der Waals surface area contributed by atoms with Crippen molar-refractivity contribution in [2.45, 2.75) is 56.1 Å². The normalized spacial score (nSPS) is 32.0. The van der Waals surface area contributed by atoms with E-state index in [2.05, 4.69) is 10.1 Å². The Kier molecular flexibility index (Phi) is 6.09. The van der Waals surface area contributed by atoms with Crippen molar-refractivity contribution in [3.63, 3.8) is 0 Å². The van der Waals surface area contributed by atoms with E-state index in [0.29, 0.717) is 11.8 Å². The van der Waals surface area contributed by atoms with Crippen molar-refractivity contribution in [2.75, 3.05) is 6.54 Å². The summed E-state index contributed by atoms with van der Waals surface area (Å²) >= 11 is 0. The second-order valence-corrected chi connectivity index (χ2v) is 9.88. The maximum atomic E-state index is 13.3. The fourth-order valence-electron chi connectivity index (χ4n) is 5.41. The van der Waals surface area contributed by atoms with Gasteiger partial charge in [-0.1, -0.05) is 0 Å². The van der Waals surface area contributed by atoms with Crippen LogP contribution in [0.5, 0.6) is 0 Å². The molecular formula is C17H21F5NO6S-. The van der Waals surface area contributed by atoms with E-state index >= 15 is 0 Å². The van der Waals surface area contributed by atoms with Crippen LogP contribution >= 0.6 is 0 Å². The Labute approximate surface area is 169 Å². The number of ether oxygens (including phenoxy) is 1. The molecule has 1 atom stereocenters. The van der Waals surface area contributed by atoms with Gasteiger partial charge < -0.3 is 14.6 Å². The molecule has 4 bridgehead atoms. The summed E-state index contributed by atoms with van der Waals surface area (Å²) < 4.78 is 99.9. The monoisotopic (exact) mass is 462 g/mol. The van der Waals surface area contributed by atoms with Crippen LogP contribution in [-0.2, 0) is 24.4 Å². The summed E-state index contributed by atoms with van der Waals surface area (Å²) in [5.41, 5.74) is 0. The van der Waals surface area contributed by atoms with Crippen LogP contribution in [0.25, 0.3) is 0 Å². The van der Waals surface area contributed by atoms with E-state index in [1.54, 1.807) is 0 Å². The van der Waals surface area contributed by atoms with Crippen molar-refractivity contribution in [2.24, 2.45) is 29.6 Å². The average molecular weight is 462 g/mol. The Hall–Kier alpha value is -1.50. The van der Waals surface area contributed by atoms with E-state index in [4.69, 9.17) is 0 Å². The second-order valence-electron chi connectivity index (χ2n) is 8.42. The van der Waals surface area contributed by atoms with Crippen molar-refractivity contribution in [1.82, 2.24) is 5.32 Å². The quantitative estimate of drug-likeness (QED) is 0.353. The average Bonchev–Trinajstić information content (AvgIpc) is 2.56. The third kappa shape index (κ3) is 4.56. The van der Waals surface area contributed by atoms with Crippen LogP contribution in [0.1, 0.15) is 38.5 Å². The molecule has 4 aliphatic rings. The van der Waals surface area contributed by atoms with E-state index < -0.39 is 46.6 Å². The largest absolute Gasteiger partial charge is 0.743 e. The Bertz CT molecular complexity index is 771. The van der Waals surface area contributed by atoms with Gasteiger partial charge >= 0.3 is 17.4 Å². The topological polar surface area (TPSA) is 113 Å². The van der Waals surface area contributed by atoms with Gasteiger partial charge in [-0.3, -0.25) is 9.59 Å². The summed E-state index contributed by atoms with van der Waals surface area (Å²) in [5.74, 6) is -0.712. The zero-order chi connectivity index (χ0) is 22.5. The highest BCUT2D eigenvalue weighted by Crippen LogP contribution is 2.56. The fourth-order valence-corrected chi connectivity index (χ4v) is 5.85. The highest BCUT2D eigenvalue weighted by Gasteiger charge is 2.62. The molecule has 30 heavy (non-hydrogen) atoms. The molecule has 1 unspecified atom stereocenters. The summed E-state index contributed by atoms with van der Waals surface area (Å²) in [6.45, 7) is -0.458. The van der Waals surface area contributed by atoms with Gasteiger partial charge in [0.15, 0.2) is 10.1 Å². The number of nitrogens with one attached hydrogen (secondary N) is 1. The first-order chi connectivity index (χ1) is 13.7. The maximum Gasteiger partial charge on any atom is 0.432 e. The van der Waals surface area contributed by atoms with Crippen LogP contribution in [0.4, 0.5) is 22.0 Å². The highest BCUT2D eigenvalue weighted by molar-refractivity contribution is 7.86. The van der Waals surface area contributed by atoms with Crippen LogP contribution in [-0.4, -0.2) is 48.9 Å². The van der Waals surface area contributed by atoms with Crippen LogP contribution in [0.3, 0.4) is 0 Å². The molecule has 0 aliphatic heterocycles. The van der Waals surface area contributed by atoms with Crippen molar-refractivity contribution in [1.29, 1.82) is 0 Å². The van der Waals surface area contributed by atoms with Crippen LogP contribution in [0.15, 0.2) is 0 Å². The van der Waals surface area contributed by atoms with E-state index in [0.717, 1.165) is 25.7 Å². The van der Waals surface area contributed by atoms with Gasteiger partial charge in [-0.15, -0.1) is 0 Å². The van der Waals surface area contributed by atoms with Crippen molar-refractivity contribution in [3.05, 3.63) is 0 Å². The van der Waals surface area contributed by atoms with Crippen LogP contribution in [0.2, 0.25) is 0 Å². The molecule has 0 heterocycles. The first-order valence-electron chi connectivity index (χ1n) is 9.57. The number of alkyl halides is 5. The first kappa shape index (κ1) is 23.2. The third-order valence-corrected chi connectivity index (χ3v) is 7.22. The molecule has 0 aromatic rings. The molecule has 1 N–H and O–H groups in total. The smallest absolute Gasteiger partial charge is 0.432 e. The number of esters is 1. The Morgan fingerprint density at radius 3 is 1.93 bits per heavy atom. The molecule has 4 rings (SSSR count). The number of amides is 1. The summed E-state index contributed by atoms with van der Waals surface area (Å²) in [6.07, 6.45) is -6.35. The lowest BCUT2D eigenvalue weighted by molar-refractivity contribution is -0.259. The van der Waals surface area contributed by atoms with Crippen LogP contribution < -0.4 is 5.32 Å². The predicted molar refractivity (Wildman–Crippen MR) is 88.7 cm³/mol. The fraction of sp³-hybridized carbons (Fsp3) is 0.882. The zero-order valence-corrected chi connectivity index (χ0v) is 16.5. The number of carbonyl (C=O) groups excluding carboxylic acids is 2. The van der Waals surface area contributed by atoms with Gasteiger partial charge in [-0.2, -0.15) is 22.0 Å². The van der Waals surface area contributed by atoms with Gasteiger partial charge in [0.1, 0.15) is 0 Å². The zero-order valence-electron chi connectivity index (χ0n) is 15.7. The Balaban J connectivity index is 1.53. The van der Waals surface area contributed by atoms with Crippen molar-refractivity contribution in [3.8, 4) is 0 Å². The summed E-state index contributed by atoms with van der Waals surface area (Å²) in [7, 11) is -6.74. The molecule has 0 radical (unpaired) electrons. The Morgan fingerprint density at radius 2 is 1.50 bits per heavy atom. The standard InChI is InChI=1S/C17H22F5NO6S/c18-16(19,20)15(17(21,22)30(26,27)28)29-12(24)1-2-23-14(25)13-10-4-8-3-9(6-10)7-11(13)5-8/h8-11,13,15H,1-7H2,(H,23,25)(H,26,27,28)/p-1. The molecule has 13 heteroatoms. The van der Waals surface area contributed by atoms with Gasteiger partial charge in [0, 0.05) is 12.5 Å². The van der Waals surface area contributed by atoms with Crippen LogP contribution in [0, 0.1) is 29.6 Å². The molecule has 4 fully saturated rings. The summed E-state index contributed by atoms with van der Waals surface area (Å²) in [4.78, 5) is 24.1. The highest BCUT2D eigenvalue weighted by atomic mass is 32.2. The lowest BCUT2D eigenvalue weighted by atomic mass is 9.51. The summed E-state index contributed by atoms with van der Waals surface area (Å²) in [6, 6.07) is 0. The number of rotatable bonds is 7. The molecule has 0 spiro atoms. The third-order valence-electron chi connectivity index (χ3n) is 6.34. The Morgan fingerprint density at radius 1 is 1.00 bits per heavy atom. The van der Waals surface area contributed by atoms with Gasteiger partial charge in [-0.05, 0) is 55.8 Å². The molecule has 4 saturated carbocycles. The minimum absolute atomic E-state index is 0.226. The first-order valence-corrected chi connectivity index (χ1v) is 11.0. The van der Waals surface area contributed by atoms with Gasteiger partial charge in [0.2, 0.25) is 5.91 Å². The molecular weight excluding hydrogens is 441 g/mol. The molecule has 0 saturated heterocycles. The molecule has 7 nitrogen and oxygen atoms in total. The van der Waals surface area contributed by atoms with Gasteiger partial charge in [-0.25, -0.2) is 8.42 Å². The lowest BCUT2D eigenvalue weighted by Gasteiger charge is -2.53. The molecule has 172 valence electrons. The number of hydrogen-bond donors (Lipinski definition) is 1. The molecule has 4 aliphatic carbocycles. The van der Waals surface area contributed by atoms with E-state index in [1.807, 2.05) is 0 Å². The SMILES string of the molecule is O=C(CCNC(=O)C1C2CC3CC(C2)CC1C3)OC(C(F)(F)F)C(F)(F)S(=O)(=O)[O-]. The van der Waals surface area contributed by atoms with E-state index in [9.17, 15) is 44.5 Å². The molecule has 0 aromatic carbocycles. The van der Waals surface area contributed by atoms with Crippen molar-refractivity contribution < 1.29 is 49.2 Å². The van der Waals surface area contributed by atoms with E-state index in [-0.39, 0.29) is 23.7 Å². The summed E-state index contributed by atoms with van der Waals surface area (Å²) in [5, 5.41) is -3.45. The number of hydrogen-bond acceptors (Lipinski definition) is 6. The minimum Gasteiger partial charge on any atom is -0.743 e. The van der Waals surface area contributed by atoms with Crippen molar-refractivity contribution >= 4 is 22.0 Å². The lowest BCUT2D eigenvalue weighted by Crippen LogP contribution is -2.52. The van der Waals surface area contributed by atoms with E-state index in [1.165, 1.54) is 6.42 Å². The second kappa shape index (κ2) is 7.88. The molecule has 1 amide bonds. The van der Waals surface area contributed by atoms with Gasteiger partial charge in [0.05, 0.1) is 6.42 Å². The molecule has 0 aromatic heterocycles. The number of halogens is 5. The maximum absolute atomic E-state index is 13.3. The minimum atomic E-state index is -6.74. The predicted octanol–water partition coefficient (Wildman–Crippen LogP) is 2.18.